The van der Waals surface area contributed by atoms with Crippen LogP contribution in [0, 0.1) is 26.1 Å². The maximum atomic E-state index is 10.9. The van der Waals surface area contributed by atoms with E-state index in [4.69, 9.17) is 11.6 Å². The standard InChI is InChI=1S/C12H13ClN2O4/c1-8(2)5-11(15(18)19)7-9-6-10(14(16)17)3-4-12(9)13/h3-4,6-8H,5H2,1-2H3. The van der Waals surface area contributed by atoms with Crippen LogP contribution >= 0.6 is 11.6 Å². The predicted molar refractivity (Wildman–Crippen MR) is 72.5 cm³/mol. The van der Waals surface area contributed by atoms with Gasteiger partial charge < -0.3 is 0 Å². The third kappa shape index (κ3) is 4.33. The highest BCUT2D eigenvalue weighted by Crippen LogP contribution is 2.25. The summed E-state index contributed by atoms with van der Waals surface area (Å²) in [7, 11) is 0. The van der Waals surface area contributed by atoms with Crippen LogP contribution in [0.15, 0.2) is 23.9 Å². The molecule has 7 heteroatoms. The Kier molecular flexibility index (Phi) is 5.00. The molecule has 0 saturated carbocycles. The highest BCUT2D eigenvalue weighted by Gasteiger charge is 2.16. The van der Waals surface area contributed by atoms with Gasteiger partial charge in [0.15, 0.2) is 0 Å². The summed E-state index contributed by atoms with van der Waals surface area (Å²) in [4.78, 5) is 20.5. The lowest BCUT2D eigenvalue weighted by Gasteiger charge is -2.03. The van der Waals surface area contributed by atoms with E-state index in [9.17, 15) is 20.2 Å². The van der Waals surface area contributed by atoms with Crippen LogP contribution < -0.4 is 0 Å². The molecule has 1 aromatic rings. The molecule has 0 unspecified atom stereocenters. The van der Waals surface area contributed by atoms with Gasteiger partial charge in [0.05, 0.1) is 9.85 Å². The SMILES string of the molecule is CC(C)CC(=Cc1cc([N+](=O)[O-])ccc1Cl)[N+](=O)[O-]. The van der Waals surface area contributed by atoms with Crippen LogP contribution in [0.25, 0.3) is 6.08 Å². The van der Waals surface area contributed by atoms with Crippen molar-refractivity contribution < 1.29 is 9.85 Å². The van der Waals surface area contributed by atoms with E-state index in [0.29, 0.717) is 0 Å². The molecule has 0 saturated heterocycles. The zero-order chi connectivity index (χ0) is 14.6. The molecule has 0 spiro atoms. The first-order valence-corrected chi connectivity index (χ1v) is 5.98. The Morgan fingerprint density at radius 1 is 1.37 bits per heavy atom. The molecule has 0 N–H and O–H groups in total. The predicted octanol–water partition coefficient (Wildman–Crippen LogP) is 3.91. The number of hydrogen-bond acceptors (Lipinski definition) is 4. The first-order valence-electron chi connectivity index (χ1n) is 5.60. The Hall–Kier alpha value is -1.95. The average molecular weight is 285 g/mol. The van der Waals surface area contributed by atoms with E-state index < -0.39 is 9.85 Å². The van der Waals surface area contributed by atoms with E-state index in [1.54, 1.807) is 0 Å². The van der Waals surface area contributed by atoms with Crippen LogP contribution in [0.3, 0.4) is 0 Å². The van der Waals surface area contributed by atoms with Crippen molar-refractivity contribution in [3.05, 3.63) is 54.7 Å². The highest BCUT2D eigenvalue weighted by atomic mass is 35.5. The Labute approximate surface area is 115 Å². The highest BCUT2D eigenvalue weighted by molar-refractivity contribution is 6.32. The molecule has 1 aromatic carbocycles. The van der Waals surface area contributed by atoms with E-state index in [1.807, 2.05) is 13.8 Å². The molecule has 0 aliphatic rings. The van der Waals surface area contributed by atoms with E-state index in [1.165, 1.54) is 24.3 Å². The van der Waals surface area contributed by atoms with Gasteiger partial charge in [-0.1, -0.05) is 25.4 Å². The first-order chi connectivity index (χ1) is 8.81. The van der Waals surface area contributed by atoms with Gasteiger partial charge in [-0.15, -0.1) is 0 Å². The van der Waals surface area contributed by atoms with Crippen molar-refractivity contribution in [1.29, 1.82) is 0 Å². The second kappa shape index (κ2) is 6.29. The lowest BCUT2D eigenvalue weighted by molar-refractivity contribution is -0.427. The Bertz CT molecular complexity index is 541. The van der Waals surface area contributed by atoms with Gasteiger partial charge in [0.25, 0.3) is 5.69 Å². The van der Waals surface area contributed by atoms with E-state index in [2.05, 4.69) is 0 Å². The van der Waals surface area contributed by atoms with E-state index in [0.717, 1.165) is 0 Å². The van der Waals surface area contributed by atoms with Gasteiger partial charge >= 0.3 is 0 Å². The molecule has 102 valence electrons. The zero-order valence-corrected chi connectivity index (χ0v) is 11.3. The van der Waals surface area contributed by atoms with Crippen LogP contribution in [0.5, 0.6) is 0 Å². The minimum absolute atomic E-state index is 0.0163. The van der Waals surface area contributed by atoms with Gasteiger partial charge in [-0.3, -0.25) is 20.2 Å². The molecule has 19 heavy (non-hydrogen) atoms. The molecule has 0 aliphatic heterocycles. The maximum absolute atomic E-state index is 10.9. The van der Waals surface area contributed by atoms with Crippen molar-refractivity contribution >= 4 is 23.4 Å². The molecule has 0 bridgehead atoms. The molecule has 0 heterocycles. The minimum Gasteiger partial charge on any atom is -0.259 e. The molecular formula is C12H13ClN2O4. The van der Waals surface area contributed by atoms with Crippen LogP contribution in [0.4, 0.5) is 5.69 Å². The van der Waals surface area contributed by atoms with Crippen molar-refractivity contribution in [1.82, 2.24) is 0 Å². The third-order valence-corrected chi connectivity index (χ3v) is 2.71. The molecule has 1 rings (SSSR count). The van der Waals surface area contributed by atoms with Crippen molar-refractivity contribution in [2.45, 2.75) is 20.3 Å². The molecule has 0 atom stereocenters. The quantitative estimate of drug-likeness (QED) is 0.606. The number of nitrogens with zero attached hydrogens (tertiary/aromatic N) is 2. The van der Waals surface area contributed by atoms with Crippen molar-refractivity contribution in [3.8, 4) is 0 Å². The number of halogens is 1. The summed E-state index contributed by atoms with van der Waals surface area (Å²) in [6, 6.07) is 3.85. The molecular weight excluding hydrogens is 272 g/mol. The molecule has 0 amide bonds. The summed E-state index contributed by atoms with van der Waals surface area (Å²) in [5.41, 5.74) is 0.114. The largest absolute Gasteiger partial charge is 0.270 e. The number of nitro benzene ring substituents is 1. The lowest BCUT2D eigenvalue weighted by atomic mass is 10.1. The van der Waals surface area contributed by atoms with Crippen molar-refractivity contribution in [2.75, 3.05) is 0 Å². The Morgan fingerprint density at radius 3 is 2.47 bits per heavy atom. The van der Waals surface area contributed by atoms with Gasteiger partial charge in [-0.25, -0.2) is 0 Å². The van der Waals surface area contributed by atoms with Crippen molar-refractivity contribution in [3.63, 3.8) is 0 Å². The van der Waals surface area contributed by atoms with E-state index >= 15 is 0 Å². The number of nitro groups is 2. The molecule has 0 radical (unpaired) electrons. The number of rotatable bonds is 5. The molecule has 0 aromatic heterocycles. The van der Waals surface area contributed by atoms with Crippen LogP contribution in [0.2, 0.25) is 5.02 Å². The van der Waals surface area contributed by atoms with Crippen LogP contribution in [-0.2, 0) is 0 Å². The maximum Gasteiger partial charge on any atom is 0.270 e. The zero-order valence-electron chi connectivity index (χ0n) is 10.5. The summed E-state index contributed by atoms with van der Waals surface area (Å²) in [5, 5.41) is 21.8. The molecule has 0 aliphatic carbocycles. The second-order valence-corrected chi connectivity index (χ2v) is 4.86. The van der Waals surface area contributed by atoms with Gasteiger partial charge in [-0.2, -0.15) is 0 Å². The fourth-order valence-corrected chi connectivity index (χ4v) is 1.71. The Balaban J connectivity index is 3.23. The van der Waals surface area contributed by atoms with Gasteiger partial charge in [0, 0.05) is 35.2 Å². The van der Waals surface area contributed by atoms with E-state index in [-0.39, 0.29) is 34.3 Å². The second-order valence-electron chi connectivity index (χ2n) is 4.45. The van der Waals surface area contributed by atoms with Crippen molar-refractivity contribution in [2.24, 2.45) is 5.92 Å². The topological polar surface area (TPSA) is 86.3 Å². The third-order valence-electron chi connectivity index (χ3n) is 2.36. The fraction of sp³-hybridized carbons (Fsp3) is 0.333. The summed E-state index contributed by atoms with van der Waals surface area (Å²) < 4.78 is 0. The van der Waals surface area contributed by atoms with Gasteiger partial charge in [0.2, 0.25) is 5.70 Å². The first kappa shape index (κ1) is 15.1. The number of allylic oxidation sites excluding steroid dienone is 1. The lowest BCUT2D eigenvalue weighted by Crippen LogP contribution is -2.02. The minimum atomic E-state index is -0.568. The van der Waals surface area contributed by atoms with Gasteiger partial charge in [0.1, 0.15) is 0 Å². The number of benzene rings is 1. The molecule has 0 fully saturated rings. The summed E-state index contributed by atoms with van der Waals surface area (Å²) in [6.07, 6.45) is 1.56. The van der Waals surface area contributed by atoms with Gasteiger partial charge in [-0.05, 0) is 12.0 Å². The van der Waals surface area contributed by atoms with Crippen LogP contribution in [0.1, 0.15) is 25.8 Å². The summed E-state index contributed by atoms with van der Waals surface area (Å²) in [5.74, 6) is 0.106. The monoisotopic (exact) mass is 284 g/mol. The smallest absolute Gasteiger partial charge is 0.259 e. The number of hydrogen-bond donors (Lipinski definition) is 0. The normalized spacial score (nSPS) is 11.7. The summed E-state index contributed by atoms with van der Waals surface area (Å²) >= 11 is 5.90. The summed E-state index contributed by atoms with van der Waals surface area (Å²) in [6.45, 7) is 3.71. The van der Waals surface area contributed by atoms with Crippen LogP contribution in [-0.4, -0.2) is 9.85 Å². The average Bonchev–Trinajstić information content (AvgIpc) is 2.29. The number of non-ortho nitro benzene ring substituents is 1. The Morgan fingerprint density at radius 2 is 2.00 bits per heavy atom. The molecule has 6 nitrogen and oxygen atoms in total. The fourth-order valence-electron chi connectivity index (χ4n) is 1.54.